The van der Waals surface area contributed by atoms with Gasteiger partial charge in [0.2, 0.25) is 5.82 Å². The fraction of sp³-hybridized carbons (Fsp3) is 0. The smallest absolute Gasteiger partial charge is 0.265 e. The van der Waals surface area contributed by atoms with E-state index in [1.54, 1.807) is 6.07 Å². The molecule has 82 valence electrons. The van der Waals surface area contributed by atoms with Crippen molar-refractivity contribution in [2.24, 2.45) is 10.2 Å². The van der Waals surface area contributed by atoms with Crippen molar-refractivity contribution in [2.45, 2.75) is 0 Å². The lowest BCUT2D eigenvalue weighted by Crippen LogP contribution is -1.94. The van der Waals surface area contributed by atoms with Gasteiger partial charge in [-0.3, -0.25) is 4.79 Å². The normalized spacial score (nSPS) is 14.1. The minimum Gasteiger partial charge on any atom is -0.265 e. The first-order valence-corrected chi connectivity index (χ1v) is 4.84. The topological polar surface area (TPSA) is 96.2 Å². The zero-order valence-corrected chi connectivity index (χ0v) is 8.53. The number of carbonyl (C=O) groups excluding carboxylic acids is 1. The van der Waals surface area contributed by atoms with Crippen molar-refractivity contribution in [1.82, 2.24) is 20.6 Å². The van der Waals surface area contributed by atoms with Crippen LogP contribution in [0.25, 0.3) is 17.0 Å². The molecule has 2 aromatic rings. The molecule has 0 bridgehead atoms. The van der Waals surface area contributed by atoms with Crippen LogP contribution in [0, 0.1) is 0 Å². The fourth-order valence-electron chi connectivity index (χ4n) is 1.56. The number of nitrogens with one attached hydrogen (secondary N) is 1. The maximum absolute atomic E-state index is 11.4. The van der Waals surface area contributed by atoms with Crippen LogP contribution in [0.2, 0.25) is 0 Å². The molecule has 0 atom stereocenters. The Morgan fingerprint density at radius 2 is 2.06 bits per heavy atom. The molecule has 7 nitrogen and oxygen atoms in total. The summed E-state index contributed by atoms with van der Waals surface area (Å²) >= 11 is 0. The summed E-state index contributed by atoms with van der Waals surface area (Å²) in [6.07, 6.45) is 1.44. The van der Waals surface area contributed by atoms with Crippen molar-refractivity contribution in [3.05, 3.63) is 36.0 Å². The third kappa shape index (κ3) is 1.63. The van der Waals surface area contributed by atoms with Gasteiger partial charge in [-0.25, -0.2) is 0 Å². The van der Waals surface area contributed by atoms with Gasteiger partial charge in [0.05, 0.1) is 11.8 Å². The molecule has 0 fully saturated rings. The molecule has 1 aliphatic rings. The van der Waals surface area contributed by atoms with Gasteiger partial charge >= 0.3 is 0 Å². The Morgan fingerprint density at radius 3 is 2.76 bits per heavy atom. The Balaban J connectivity index is 2.03. The number of nitrogens with zero attached hydrogens (tertiary/aromatic N) is 5. The Bertz CT molecular complexity index is 628. The van der Waals surface area contributed by atoms with E-state index in [-0.39, 0.29) is 5.91 Å². The minimum absolute atomic E-state index is 0.338. The maximum Gasteiger partial charge on any atom is 0.297 e. The van der Waals surface area contributed by atoms with E-state index >= 15 is 0 Å². The molecule has 0 unspecified atom stereocenters. The number of carbonyl (C=O) groups is 1. The molecule has 2 heterocycles. The summed E-state index contributed by atoms with van der Waals surface area (Å²) in [5.41, 5.74) is 1.98. The van der Waals surface area contributed by atoms with E-state index in [1.807, 2.05) is 18.2 Å². The average molecular weight is 226 g/mol. The quantitative estimate of drug-likeness (QED) is 0.831. The standard InChI is InChI=1S/C10H6N6O/c17-10-8(5-11-14-10)6-2-1-3-7(4-6)9-12-15-16-13-9/h1-5H,(H,12,13,15,16). The monoisotopic (exact) mass is 226 g/mol. The number of rotatable bonds is 2. The molecule has 0 saturated heterocycles. The summed E-state index contributed by atoms with van der Waals surface area (Å²) in [6, 6.07) is 7.25. The van der Waals surface area contributed by atoms with E-state index in [2.05, 4.69) is 30.9 Å². The number of amides is 1. The van der Waals surface area contributed by atoms with E-state index in [1.165, 1.54) is 6.20 Å². The zero-order valence-electron chi connectivity index (χ0n) is 8.53. The van der Waals surface area contributed by atoms with Crippen molar-refractivity contribution in [3.8, 4) is 11.4 Å². The van der Waals surface area contributed by atoms with Crippen molar-refractivity contribution >= 4 is 11.5 Å². The fourth-order valence-corrected chi connectivity index (χ4v) is 1.56. The number of tetrazole rings is 1. The predicted octanol–water partition coefficient (Wildman–Crippen LogP) is 1.20. The Morgan fingerprint density at radius 1 is 1.18 bits per heavy atom. The zero-order chi connectivity index (χ0) is 11.7. The van der Waals surface area contributed by atoms with Gasteiger partial charge in [0.25, 0.3) is 5.91 Å². The molecule has 1 aromatic heterocycles. The molecule has 1 aliphatic heterocycles. The number of aromatic nitrogens is 4. The van der Waals surface area contributed by atoms with Gasteiger partial charge in [-0.2, -0.15) is 10.3 Å². The summed E-state index contributed by atoms with van der Waals surface area (Å²) in [7, 11) is 0. The number of aromatic amines is 1. The second-order valence-electron chi connectivity index (χ2n) is 3.38. The van der Waals surface area contributed by atoms with Crippen LogP contribution < -0.4 is 0 Å². The molecule has 7 heteroatoms. The lowest BCUT2D eigenvalue weighted by molar-refractivity contribution is -0.112. The molecule has 0 radical (unpaired) electrons. The van der Waals surface area contributed by atoms with Crippen LogP contribution in [0.4, 0.5) is 0 Å². The first kappa shape index (κ1) is 9.52. The van der Waals surface area contributed by atoms with Crippen molar-refractivity contribution in [1.29, 1.82) is 0 Å². The summed E-state index contributed by atoms with van der Waals surface area (Å²) < 4.78 is 0. The number of hydrogen-bond acceptors (Lipinski definition) is 5. The SMILES string of the molecule is O=C1N=NC=C1c1cccc(-c2nn[nH]n2)c1. The molecule has 0 saturated carbocycles. The Hall–Kier alpha value is -2.70. The molecule has 0 spiro atoms. The van der Waals surface area contributed by atoms with Crippen molar-refractivity contribution in [3.63, 3.8) is 0 Å². The van der Waals surface area contributed by atoms with Crippen LogP contribution >= 0.6 is 0 Å². The van der Waals surface area contributed by atoms with Crippen molar-refractivity contribution < 1.29 is 4.79 Å². The highest BCUT2D eigenvalue weighted by Gasteiger charge is 2.16. The van der Waals surface area contributed by atoms with E-state index in [4.69, 9.17) is 0 Å². The lowest BCUT2D eigenvalue weighted by atomic mass is 10.0. The maximum atomic E-state index is 11.4. The Labute approximate surface area is 95.3 Å². The number of benzene rings is 1. The molecular weight excluding hydrogens is 220 g/mol. The van der Waals surface area contributed by atoms with E-state index in [0.29, 0.717) is 11.4 Å². The van der Waals surface area contributed by atoms with Crippen LogP contribution in [-0.2, 0) is 4.79 Å². The number of hydrogen-bond donors (Lipinski definition) is 1. The summed E-state index contributed by atoms with van der Waals surface area (Å²) in [5.74, 6) is 0.141. The second-order valence-corrected chi connectivity index (χ2v) is 3.38. The summed E-state index contributed by atoms with van der Waals surface area (Å²) in [6.45, 7) is 0. The highest BCUT2D eigenvalue weighted by atomic mass is 16.2. The number of H-pyrrole nitrogens is 1. The third-order valence-electron chi connectivity index (χ3n) is 2.34. The summed E-state index contributed by atoms with van der Waals surface area (Å²) in [5, 5.41) is 20.6. The van der Waals surface area contributed by atoms with E-state index in [0.717, 1.165) is 11.1 Å². The van der Waals surface area contributed by atoms with Crippen LogP contribution in [-0.4, -0.2) is 26.5 Å². The largest absolute Gasteiger partial charge is 0.297 e. The number of azo groups is 1. The molecule has 17 heavy (non-hydrogen) atoms. The minimum atomic E-state index is -0.338. The summed E-state index contributed by atoms with van der Waals surface area (Å²) in [4.78, 5) is 11.4. The Kier molecular flexibility index (Phi) is 2.08. The average Bonchev–Trinajstić information content (AvgIpc) is 2.99. The third-order valence-corrected chi connectivity index (χ3v) is 2.34. The van der Waals surface area contributed by atoms with Crippen molar-refractivity contribution in [2.75, 3.05) is 0 Å². The molecule has 0 aliphatic carbocycles. The highest BCUT2D eigenvalue weighted by Crippen LogP contribution is 2.24. The molecule has 1 N–H and O–H groups in total. The van der Waals surface area contributed by atoms with E-state index in [9.17, 15) is 4.79 Å². The van der Waals surface area contributed by atoms with Gasteiger partial charge in [0.1, 0.15) is 0 Å². The van der Waals surface area contributed by atoms with Crippen LogP contribution in [0.1, 0.15) is 5.56 Å². The first-order chi connectivity index (χ1) is 8.34. The highest BCUT2D eigenvalue weighted by molar-refractivity contribution is 6.21. The van der Waals surface area contributed by atoms with Gasteiger partial charge < -0.3 is 0 Å². The van der Waals surface area contributed by atoms with Crippen LogP contribution in [0.15, 0.2) is 40.7 Å². The van der Waals surface area contributed by atoms with Gasteiger partial charge in [-0.15, -0.1) is 15.3 Å². The first-order valence-electron chi connectivity index (χ1n) is 4.84. The van der Waals surface area contributed by atoms with Gasteiger partial charge in [-0.1, -0.05) is 18.2 Å². The molecule has 3 rings (SSSR count). The predicted molar refractivity (Wildman–Crippen MR) is 57.5 cm³/mol. The molecular formula is C10H6N6O. The van der Waals surface area contributed by atoms with Gasteiger partial charge in [0.15, 0.2) is 0 Å². The van der Waals surface area contributed by atoms with Crippen LogP contribution in [0.5, 0.6) is 0 Å². The van der Waals surface area contributed by atoms with Crippen LogP contribution in [0.3, 0.4) is 0 Å². The molecule has 1 amide bonds. The molecule has 1 aromatic carbocycles. The van der Waals surface area contributed by atoms with E-state index < -0.39 is 0 Å². The second kappa shape index (κ2) is 3.71. The lowest BCUT2D eigenvalue weighted by Gasteiger charge is -2.00. The van der Waals surface area contributed by atoms with Gasteiger partial charge in [-0.05, 0) is 16.8 Å². The van der Waals surface area contributed by atoms with Gasteiger partial charge in [0, 0.05) is 5.56 Å².